The molecule has 0 radical (unpaired) electrons. The van der Waals surface area contributed by atoms with Crippen LogP contribution in [-0.2, 0) is 13.0 Å². The molecule has 0 spiro atoms. The van der Waals surface area contributed by atoms with Crippen molar-refractivity contribution in [2.45, 2.75) is 33.7 Å². The molecule has 8 heteroatoms. The average Bonchev–Trinajstić information content (AvgIpc) is 3.24. The predicted octanol–water partition coefficient (Wildman–Crippen LogP) is 3.49. The lowest BCUT2D eigenvalue weighted by Gasteiger charge is -2.35. The summed E-state index contributed by atoms with van der Waals surface area (Å²) in [6.07, 6.45) is 6.43. The van der Waals surface area contributed by atoms with Gasteiger partial charge in [-0.15, -0.1) is 0 Å². The third-order valence-corrected chi connectivity index (χ3v) is 6.07. The Bertz CT molecular complexity index is 1260. The first-order valence-corrected chi connectivity index (χ1v) is 11.7. The second-order valence-electron chi connectivity index (χ2n) is 9.08. The Morgan fingerprint density at radius 3 is 2.44 bits per heavy atom. The van der Waals surface area contributed by atoms with Crippen LogP contribution >= 0.6 is 0 Å². The number of anilines is 1. The average molecular weight is 455 g/mol. The maximum absolute atomic E-state index is 4.78. The number of nitrogens with zero attached hydrogens (tertiary/aromatic N) is 7. The van der Waals surface area contributed by atoms with Crippen LogP contribution in [0.4, 0.5) is 5.82 Å². The van der Waals surface area contributed by atoms with Crippen molar-refractivity contribution in [3.05, 3.63) is 82.8 Å². The number of piperazine rings is 1. The van der Waals surface area contributed by atoms with Crippen molar-refractivity contribution in [3.8, 4) is 11.4 Å². The van der Waals surface area contributed by atoms with Gasteiger partial charge in [-0.3, -0.25) is 15.0 Å². The van der Waals surface area contributed by atoms with E-state index >= 15 is 0 Å². The molecule has 4 aromatic heterocycles. The Balaban J connectivity index is 1.23. The molecule has 1 fully saturated rings. The first kappa shape index (κ1) is 22.2. The molecule has 0 aromatic carbocycles. The number of rotatable bonds is 6. The molecule has 5 heterocycles. The topological polar surface area (TPSA) is 86.7 Å². The van der Waals surface area contributed by atoms with Crippen molar-refractivity contribution in [1.29, 1.82) is 0 Å². The van der Waals surface area contributed by atoms with Gasteiger partial charge < -0.3 is 4.90 Å². The molecule has 0 atom stereocenters. The third-order valence-electron chi connectivity index (χ3n) is 6.07. The largest absolute Gasteiger partial charge is 0.354 e. The predicted molar refractivity (Wildman–Crippen MR) is 133 cm³/mol. The molecular formula is C26H30N8. The normalized spacial score (nSPS) is 14.5. The monoisotopic (exact) mass is 454 g/mol. The lowest BCUT2D eigenvalue weighted by Crippen LogP contribution is -2.46. The van der Waals surface area contributed by atoms with E-state index in [0.29, 0.717) is 12.2 Å². The van der Waals surface area contributed by atoms with Crippen LogP contribution in [0.15, 0.2) is 48.9 Å². The van der Waals surface area contributed by atoms with Gasteiger partial charge in [0.05, 0.1) is 11.4 Å². The number of nitrogens with one attached hydrogen (secondary N) is 1. The number of hydrogen-bond donors (Lipinski definition) is 1. The Kier molecular flexibility index (Phi) is 6.31. The van der Waals surface area contributed by atoms with Crippen LogP contribution in [0.1, 0.15) is 33.9 Å². The van der Waals surface area contributed by atoms with Gasteiger partial charge in [-0.25, -0.2) is 15.0 Å². The molecule has 1 N–H and O–H groups in total. The molecule has 1 aliphatic heterocycles. The summed E-state index contributed by atoms with van der Waals surface area (Å²) in [4.78, 5) is 23.3. The number of pyridine rings is 2. The highest BCUT2D eigenvalue weighted by atomic mass is 15.3. The molecule has 0 aliphatic carbocycles. The Hall–Kier alpha value is -3.65. The minimum absolute atomic E-state index is 0.676. The quantitative estimate of drug-likeness (QED) is 0.477. The van der Waals surface area contributed by atoms with Crippen molar-refractivity contribution in [3.63, 3.8) is 0 Å². The summed E-state index contributed by atoms with van der Waals surface area (Å²) < 4.78 is 0. The minimum Gasteiger partial charge on any atom is -0.354 e. The summed E-state index contributed by atoms with van der Waals surface area (Å²) in [5, 5.41) is 7.32. The van der Waals surface area contributed by atoms with Gasteiger partial charge in [-0.1, -0.05) is 6.07 Å². The van der Waals surface area contributed by atoms with E-state index in [2.05, 4.69) is 55.1 Å². The molecule has 0 saturated carbocycles. The van der Waals surface area contributed by atoms with E-state index in [1.807, 2.05) is 44.6 Å². The van der Waals surface area contributed by atoms with Crippen LogP contribution in [0.5, 0.6) is 0 Å². The fourth-order valence-corrected chi connectivity index (χ4v) is 4.41. The van der Waals surface area contributed by atoms with E-state index in [1.165, 1.54) is 11.1 Å². The summed E-state index contributed by atoms with van der Waals surface area (Å²) >= 11 is 0. The van der Waals surface area contributed by atoms with Gasteiger partial charge in [0, 0.05) is 74.7 Å². The summed E-state index contributed by atoms with van der Waals surface area (Å²) in [5.74, 6) is 1.71. The highest BCUT2D eigenvalue weighted by Gasteiger charge is 2.18. The fourth-order valence-electron chi connectivity index (χ4n) is 4.41. The van der Waals surface area contributed by atoms with Crippen molar-refractivity contribution >= 4 is 5.82 Å². The van der Waals surface area contributed by atoms with Crippen molar-refractivity contribution in [1.82, 2.24) is 35.0 Å². The van der Waals surface area contributed by atoms with Gasteiger partial charge >= 0.3 is 0 Å². The highest BCUT2D eigenvalue weighted by Crippen LogP contribution is 2.21. The van der Waals surface area contributed by atoms with E-state index in [0.717, 1.165) is 66.9 Å². The maximum Gasteiger partial charge on any atom is 0.161 e. The molecule has 0 amide bonds. The standard InChI is InChI=1S/C26H30N8/c1-18-10-21(15-27-14-18)17-33-6-8-34(9-7-33)25-5-4-22(16-28-25)26-29-19(2)11-23(30-26)13-24-12-20(3)31-32-24/h4-5,10-12,14-16H,6-9,13,17H2,1-3H3,(H,31,32). The van der Waals surface area contributed by atoms with Crippen molar-refractivity contribution in [2.24, 2.45) is 0 Å². The Morgan fingerprint density at radius 2 is 1.74 bits per heavy atom. The van der Waals surface area contributed by atoms with Crippen LogP contribution in [0.25, 0.3) is 11.4 Å². The zero-order valence-corrected chi connectivity index (χ0v) is 20.0. The molecule has 1 saturated heterocycles. The molecule has 5 rings (SSSR count). The second-order valence-corrected chi connectivity index (χ2v) is 9.08. The molecule has 8 nitrogen and oxygen atoms in total. The minimum atomic E-state index is 0.676. The van der Waals surface area contributed by atoms with Crippen LogP contribution in [0, 0.1) is 20.8 Å². The smallest absolute Gasteiger partial charge is 0.161 e. The van der Waals surface area contributed by atoms with E-state index in [9.17, 15) is 0 Å². The van der Waals surface area contributed by atoms with Gasteiger partial charge in [0.2, 0.25) is 0 Å². The van der Waals surface area contributed by atoms with Crippen molar-refractivity contribution in [2.75, 3.05) is 31.1 Å². The number of H-pyrrole nitrogens is 1. The lowest BCUT2D eigenvalue weighted by molar-refractivity contribution is 0.249. The highest BCUT2D eigenvalue weighted by molar-refractivity contribution is 5.57. The van der Waals surface area contributed by atoms with Gasteiger partial charge in [0.1, 0.15) is 5.82 Å². The summed E-state index contributed by atoms with van der Waals surface area (Å²) in [5.41, 5.74) is 7.34. The first-order chi connectivity index (χ1) is 16.5. The van der Waals surface area contributed by atoms with Gasteiger partial charge in [0.15, 0.2) is 5.82 Å². The van der Waals surface area contributed by atoms with Crippen LogP contribution in [0.3, 0.4) is 0 Å². The molecule has 0 unspecified atom stereocenters. The van der Waals surface area contributed by atoms with Gasteiger partial charge in [-0.2, -0.15) is 5.10 Å². The van der Waals surface area contributed by atoms with E-state index in [4.69, 9.17) is 9.97 Å². The van der Waals surface area contributed by atoms with Gasteiger partial charge in [-0.05, 0) is 56.2 Å². The summed E-state index contributed by atoms with van der Waals surface area (Å²) in [6.45, 7) is 11.0. The first-order valence-electron chi connectivity index (χ1n) is 11.7. The molecule has 34 heavy (non-hydrogen) atoms. The number of hydrogen-bond acceptors (Lipinski definition) is 7. The SMILES string of the molecule is Cc1cncc(CN2CCN(c3ccc(-c4nc(C)cc(Cc5cc(C)[nH]n5)n4)cn3)CC2)c1. The van der Waals surface area contributed by atoms with Crippen LogP contribution < -0.4 is 4.90 Å². The molecular weight excluding hydrogens is 424 g/mol. The molecule has 4 aromatic rings. The Labute approximate surface area is 200 Å². The second kappa shape index (κ2) is 9.69. The number of aromatic amines is 1. The van der Waals surface area contributed by atoms with Gasteiger partial charge in [0.25, 0.3) is 0 Å². The van der Waals surface area contributed by atoms with E-state index in [1.54, 1.807) is 0 Å². The Morgan fingerprint density at radius 1 is 0.882 bits per heavy atom. The molecule has 0 bridgehead atoms. The number of aromatic nitrogens is 6. The van der Waals surface area contributed by atoms with E-state index in [-0.39, 0.29) is 0 Å². The number of aryl methyl sites for hydroxylation is 3. The fraction of sp³-hybridized carbons (Fsp3) is 0.346. The van der Waals surface area contributed by atoms with Crippen LogP contribution in [0.2, 0.25) is 0 Å². The molecule has 174 valence electrons. The van der Waals surface area contributed by atoms with E-state index < -0.39 is 0 Å². The molecule has 1 aliphatic rings. The van der Waals surface area contributed by atoms with Crippen molar-refractivity contribution < 1.29 is 0 Å². The maximum atomic E-state index is 4.78. The third kappa shape index (κ3) is 5.28. The zero-order chi connectivity index (χ0) is 23.5. The zero-order valence-electron chi connectivity index (χ0n) is 20.0. The summed E-state index contributed by atoms with van der Waals surface area (Å²) in [7, 11) is 0. The summed E-state index contributed by atoms with van der Waals surface area (Å²) in [6, 6.07) is 10.4. The lowest BCUT2D eigenvalue weighted by atomic mass is 10.2. The van der Waals surface area contributed by atoms with Crippen LogP contribution in [-0.4, -0.2) is 61.2 Å².